The van der Waals surface area contributed by atoms with Crippen molar-refractivity contribution >= 4 is 5.70 Å². The van der Waals surface area contributed by atoms with Gasteiger partial charge in [-0.05, 0) is 37.5 Å². The number of nitrogens with one attached hydrogen (secondary N) is 1. The number of aromatic amines is 1. The van der Waals surface area contributed by atoms with Crippen molar-refractivity contribution in [2.45, 2.75) is 50.6 Å². The molecule has 2 N–H and O–H groups in total. The monoisotopic (exact) mass is 580 g/mol. The molecule has 10 nitrogen and oxygen atoms in total. The molecule has 3 aliphatic rings. The van der Waals surface area contributed by atoms with E-state index in [1.54, 1.807) is 19.9 Å². The minimum Gasteiger partial charge on any atom is -0.354 e. The average molecular weight is 581 g/mol. The lowest BCUT2D eigenvalue weighted by Gasteiger charge is -2.54. The zero-order valence-corrected chi connectivity index (χ0v) is 24.4. The summed E-state index contributed by atoms with van der Waals surface area (Å²) in [6.07, 6.45) is 10.4. The van der Waals surface area contributed by atoms with Gasteiger partial charge >= 0.3 is 0 Å². The summed E-state index contributed by atoms with van der Waals surface area (Å²) in [5.74, 6) is -3.77. The number of ether oxygens (including phenoxy) is 1. The SMILES string of the molecule is C=C(F)/C(F)=C\C(=C/C)COC(C)(O)N1CCC(N2CC(CC#N)(n3cc(C4=c5cc[nH]c5=NCN4C)cn3)C2)CC1. The van der Waals surface area contributed by atoms with Gasteiger partial charge in [-0.25, -0.2) is 13.8 Å². The molecule has 0 aromatic carbocycles. The fraction of sp³-hybridized carbons (Fsp3) is 0.500. The van der Waals surface area contributed by atoms with Gasteiger partial charge in [-0.15, -0.1) is 0 Å². The van der Waals surface area contributed by atoms with E-state index in [1.165, 1.54) is 0 Å². The van der Waals surface area contributed by atoms with Crippen LogP contribution >= 0.6 is 0 Å². The molecule has 0 saturated carbocycles. The van der Waals surface area contributed by atoms with E-state index < -0.39 is 23.1 Å². The lowest BCUT2D eigenvalue weighted by Crippen LogP contribution is -2.67. The molecule has 0 spiro atoms. The Kier molecular flexibility index (Phi) is 8.48. The molecule has 1 unspecified atom stereocenters. The van der Waals surface area contributed by atoms with E-state index in [1.807, 2.05) is 41.3 Å². The van der Waals surface area contributed by atoms with E-state index in [9.17, 15) is 19.1 Å². The van der Waals surface area contributed by atoms with Crippen LogP contribution in [0.15, 0.2) is 65.6 Å². The molecule has 42 heavy (non-hydrogen) atoms. The molecule has 5 heterocycles. The minimum absolute atomic E-state index is 0.0755. The normalized spacial score (nSPS) is 21.7. The van der Waals surface area contributed by atoms with Gasteiger partial charge in [-0.1, -0.05) is 12.7 Å². The van der Waals surface area contributed by atoms with Crippen molar-refractivity contribution in [3.05, 3.63) is 76.9 Å². The smallest absolute Gasteiger partial charge is 0.224 e. The standard InChI is InChI=1S/C30H38F2N8O2/c1-5-22(14-26(32)21(2)31)17-42-29(3,41)39-12-7-24(8-13-39)38-18-30(19-38,9-10-33)40-16-23(15-36-40)27-25-6-11-34-28(25)35-20-37(27)4/h5-6,11,14-16,24,41H,2,7-9,12-13,17-20H2,1,3-4H3,(H,34,35)/b22-5+,26-14+. The average Bonchev–Trinajstić information content (AvgIpc) is 3.63. The Hall–Kier alpha value is -3.63. The third-order valence-electron chi connectivity index (χ3n) is 8.57. The number of halogens is 2. The molecule has 0 aliphatic carbocycles. The number of likely N-dealkylation sites (tertiary alicyclic amines) is 2. The zero-order chi connectivity index (χ0) is 30.1. The Morgan fingerprint density at radius 3 is 2.76 bits per heavy atom. The van der Waals surface area contributed by atoms with Gasteiger partial charge in [0.15, 0.2) is 11.7 Å². The van der Waals surface area contributed by atoms with Crippen molar-refractivity contribution in [1.82, 2.24) is 29.5 Å². The molecule has 2 saturated heterocycles. The van der Waals surface area contributed by atoms with Gasteiger partial charge in [-0.3, -0.25) is 14.5 Å². The Morgan fingerprint density at radius 2 is 2.10 bits per heavy atom. The minimum atomic E-state index is -1.56. The number of piperidine rings is 1. The highest BCUT2D eigenvalue weighted by molar-refractivity contribution is 5.62. The predicted molar refractivity (Wildman–Crippen MR) is 153 cm³/mol. The molecule has 0 radical (unpaired) electrons. The van der Waals surface area contributed by atoms with Crippen LogP contribution in [0.1, 0.15) is 38.7 Å². The number of hydrogen-bond acceptors (Lipinski definition) is 8. The second-order valence-electron chi connectivity index (χ2n) is 11.4. The maximum absolute atomic E-state index is 13.6. The number of aromatic nitrogens is 3. The van der Waals surface area contributed by atoms with Crippen molar-refractivity contribution in [1.29, 1.82) is 5.26 Å². The van der Waals surface area contributed by atoms with Gasteiger partial charge in [0.05, 0.1) is 31.0 Å². The second-order valence-corrected chi connectivity index (χ2v) is 11.4. The van der Waals surface area contributed by atoms with Crippen molar-refractivity contribution in [2.75, 3.05) is 46.5 Å². The van der Waals surface area contributed by atoms with Gasteiger partial charge in [-0.2, -0.15) is 10.4 Å². The maximum atomic E-state index is 13.6. The molecule has 12 heteroatoms. The first-order valence-corrected chi connectivity index (χ1v) is 14.2. The van der Waals surface area contributed by atoms with Crippen LogP contribution in [0.3, 0.4) is 0 Å². The van der Waals surface area contributed by atoms with E-state index in [-0.39, 0.29) is 6.61 Å². The van der Waals surface area contributed by atoms with Crippen LogP contribution in [0.2, 0.25) is 0 Å². The van der Waals surface area contributed by atoms with Gasteiger partial charge in [0.1, 0.15) is 17.7 Å². The highest BCUT2D eigenvalue weighted by Gasteiger charge is 2.49. The molecule has 5 rings (SSSR count). The van der Waals surface area contributed by atoms with Crippen LogP contribution in [0.25, 0.3) is 5.70 Å². The Labute approximate surface area is 244 Å². The molecule has 224 valence electrons. The summed E-state index contributed by atoms with van der Waals surface area (Å²) < 4.78 is 34.3. The van der Waals surface area contributed by atoms with Gasteiger partial charge < -0.3 is 19.7 Å². The Balaban J connectivity index is 1.20. The lowest BCUT2D eigenvalue weighted by atomic mass is 9.83. The first-order valence-electron chi connectivity index (χ1n) is 14.2. The third-order valence-corrected chi connectivity index (χ3v) is 8.57. The maximum Gasteiger partial charge on any atom is 0.224 e. The summed E-state index contributed by atoms with van der Waals surface area (Å²) in [4.78, 5) is 14.1. The number of nitriles is 1. The quantitative estimate of drug-likeness (QED) is 0.328. The predicted octanol–water partition coefficient (Wildman–Crippen LogP) is 2.24. The fourth-order valence-corrected chi connectivity index (χ4v) is 6.08. The lowest BCUT2D eigenvalue weighted by molar-refractivity contribution is -0.282. The van der Waals surface area contributed by atoms with Crippen LogP contribution in [0.5, 0.6) is 0 Å². The van der Waals surface area contributed by atoms with Crippen LogP contribution < -0.4 is 10.7 Å². The van der Waals surface area contributed by atoms with Crippen LogP contribution in [-0.4, -0.2) is 93.0 Å². The number of rotatable bonds is 10. The molecule has 0 bridgehead atoms. The summed E-state index contributed by atoms with van der Waals surface area (Å²) in [7, 11) is 2.01. The molecule has 2 fully saturated rings. The van der Waals surface area contributed by atoms with E-state index in [4.69, 9.17) is 9.84 Å². The highest BCUT2D eigenvalue weighted by Crippen LogP contribution is 2.37. The van der Waals surface area contributed by atoms with E-state index in [2.05, 4.69) is 32.4 Å². The van der Waals surface area contributed by atoms with Gasteiger partial charge in [0.25, 0.3) is 0 Å². The van der Waals surface area contributed by atoms with Crippen LogP contribution in [-0.2, 0) is 10.3 Å². The summed E-state index contributed by atoms with van der Waals surface area (Å²) >= 11 is 0. The number of allylic oxidation sites excluding steroid dienone is 3. The Bertz CT molecular complexity index is 1530. The summed E-state index contributed by atoms with van der Waals surface area (Å²) in [5.41, 5.74) is 2.93. The largest absolute Gasteiger partial charge is 0.354 e. The van der Waals surface area contributed by atoms with E-state index >= 15 is 0 Å². The van der Waals surface area contributed by atoms with Gasteiger partial charge in [0, 0.05) is 69.4 Å². The van der Waals surface area contributed by atoms with Crippen molar-refractivity contribution in [3.63, 3.8) is 0 Å². The first-order chi connectivity index (χ1) is 20.1. The van der Waals surface area contributed by atoms with E-state index in [0.29, 0.717) is 37.8 Å². The molecule has 3 aliphatic heterocycles. The molecular weight excluding hydrogens is 542 g/mol. The van der Waals surface area contributed by atoms with Crippen molar-refractivity contribution in [3.8, 4) is 6.07 Å². The number of fused-ring (bicyclic) bond motifs is 1. The number of nitrogens with zero attached hydrogens (tertiary/aromatic N) is 7. The van der Waals surface area contributed by atoms with Crippen LogP contribution in [0, 0.1) is 11.3 Å². The molecular formula is C30H38F2N8O2. The van der Waals surface area contributed by atoms with Crippen LogP contribution in [0.4, 0.5) is 8.78 Å². The topological polar surface area (TPSA) is 109 Å². The number of aliphatic hydroxyl groups is 1. The fourth-order valence-electron chi connectivity index (χ4n) is 6.08. The molecule has 2 aromatic rings. The zero-order valence-electron chi connectivity index (χ0n) is 24.4. The second kappa shape index (κ2) is 11.9. The number of H-pyrrole nitrogens is 1. The highest BCUT2D eigenvalue weighted by atomic mass is 19.2. The van der Waals surface area contributed by atoms with E-state index in [0.717, 1.165) is 54.0 Å². The molecule has 1 atom stereocenters. The van der Waals surface area contributed by atoms with Crippen molar-refractivity contribution < 1.29 is 18.6 Å². The Morgan fingerprint density at radius 1 is 1.36 bits per heavy atom. The van der Waals surface area contributed by atoms with Crippen molar-refractivity contribution in [2.24, 2.45) is 4.99 Å². The third kappa shape index (κ3) is 5.83. The summed E-state index contributed by atoms with van der Waals surface area (Å²) in [5, 5.41) is 26.5. The van der Waals surface area contributed by atoms with Gasteiger partial charge in [0.2, 0.25) is 5.91 Å². The molecule has 2 aromatic heterocycles. The molecule has 0 amide bonds. The number of hydrogen-bond donors (Lipinski definition) is 2. The summed E-state index contributed by atoms with van der Waals surface area (Å²) in [6, 6.07) is 4.70. The first kappa shape index (κ1) is 29.8. The summed E-state index contributed by atoms with van der Waals surface area (Å²) in [6.45, 7) is 9.35.